The van der Waals surface area contributed by atoms with Crippen molar-refractivity contribution < 1.29 is 14.3 Å². The van der Waals surface area contributed by atoms with E-state index < -0.39 is 12.0 Å². The largest absolute Gasteiger partial charge is 0.459 e. The lowest BCUT2D eigenvalue weighted by Crippen LogP contribution is -2.45. The fraction of sp³-hybridized carbons (Fsp3) is 0.500. The van der Waals surface area contributed by atoms with Gasteiger partial charge < -0.3 is 15.4 Å². The molecule has 1 saturated carbocycles. The Balaban J connectivity index is 1.85. The van der Waals surface area contributed by atoms with Crippen LogP contribution in [-0.2, 0) is 9.53 Å². The first-order valence-electron chi connectivity index (χ1n) is 9.20. The molecule has 5 nitrogen and oxygen atoms in total. The molecule has 27 heavy (non-hydrogen) atoms. The van der Waals surface area contributed by atoms with Crippen molar-refractivity contribution in [2.75, 3.05) is 0 Å². The minimum Gasteiger partial charge on any atom is -0.459 e. The summed E-state index contributed by atoms with van der Waals surface area (Å²) < 4.78 is 5.81. The monoisotopic (exact) mass is 410 g/mol. The van der Waals surface area contributed by atoms with Crippen molar-refractivity contribution in [3.05, 3.63) is 45.1 Å². The molecule has 2 N–H and O–H groups in total. The SMILES string of the molecule is CC1=C(C(=O)O[C@@H]2CC[C@H](C)[C@@H](C)C2)[C@H](c2ccc(Cl)c(Cl)c2)NC(=O)N1. The number of allylic oxidation sites excluding steroid dienone is 1. The third-order valence-corrected chi connectivity index (χ3v) is 6.33. The summed E-state index contributed by atoms with van der Waals surface area (Å²) in [5.41, 5.74) is 1.55. The van der Waals surface area contributed by atoms with E-state index in [-0.39, 0.29) is 12.1 Å². The number of urea groups is 1. The molecule has 1 aliphatic carbocycles. The molecule has 3 rings (SSSR count). The second kappa shape index (κ2) is 8.11. The number of benzene rings is 1. The Morgan fingerprint density at radius 1 is 1.15 bits per heavy atom. The number of hydrogen-bond acceptors (Lipinski definition) is 3. The van der Waals surface area contributed by atoms with Crippen molar-refractivity contribution >= 4 is 35.2 Å². The van der Waals surface area contributed by atoms with Gasteiger partial charge in [0.2, 0.25) is 0 Å². The summed E-state index contributed by atoms with van der Waals surface area (Å²) in [6.07, 6.45) is 2.66. The van der Waals surface area contributed by atoms with Gasteiger partial charge in [0.05, 0.1) is 21.7 Å². The van der Waals surface area contributed by atoms with E-state index >= 15 is 0 Å². The van der Waals surface area contributed by atoms with Crippen molar-refractivity contribution in [3.63, 3.8) is 0 Å². The molecule has 1 heterocycles. The highest BCUT2D eigenvalue weighted by Crippen LogP contribution is 2.34. The lowest BCUT2D eigenvalue weighted by Gasteiger charge is -2.33. The van der Waals surface area contributed by atoms with Gasteiger partial charge in [-0.3, -0.25) is 0 Å². The summed E-state index contributed by atoms with van der Waals surface area (Å²) >= 11 is 12.1. The van der Waals surface area contributed by atoms with E-state index in [1.807, 2.05) is 0 Å². The average molecular weight is 411 g/mol. The van der Waals surface area contributed by atoms with Gasteiger partial charge in [0.25, 0.3) is 0 Å². The van der Waals surface area contributed by atoms with Crippen LogP contribution in [0.25, 0.3) is 0 Å². The van der Waals surface area contributed by atoms with Gasteiger partial charge >= 0.3 is 12.0 Å². The normalized spacial score (nSPS) is 28.4. The molecule has 4 atom stereocenters. The number of ether oxygens (including phenoxy) is 1. The summed E-state index contributed by atoms with van der Waals surface area (Å²) in [6, 6.07) is 4.04. The maximum atomic E-state index is 13.0. The third-order valence-electron chi connectivity index (χ3n) is 5.59. The van der Waals surface area contributed by atoms with Crippen molar-refractivity contribution in [1.29, 1.82) is 0 Å². The van der Waals surface area contributed by atoms with Crippen LogP contribution in [0.4, 0.5) is 4.79 Å². The number of carbonyl (C=O) groups excluding carboxylic acids is 2. The Labute approximate surface area is 169 Å². The summed E-state index contributed by atoms with van der Waals surface area (Å²) in [7, 11) is 0. The number of esters is 1. The number of carbonyl (C=O) groups is 2. The fourth-order valence-electron chi connectivity index (χ4n) is 3.73. The molecule has 0 aromatic heterocycles. The summed E-state index contributed by atoms with van der Waals surface area (Å²) in [4.78, 5) is 25.0. The predicted octanol–water partition coefficient (Wildman–Crippen LogP) is 4.99. The number of hydrogen-bond donors (Lipinski definition) is 2. The molecule has 146 valence electrons. The number of nitrogens with one attached hydrogen (secondary N) is 2. The number of amides is 2. The zero-order valence-electron chi connectivity index (χ0n) is 15.6. The molecule has 0 radical (unpaired) electrons. The second-order valence-corrected chi connectivity index (χ2v) is 8.35. The standard InChI is InChI=1S/C20H24Cl2N2O3/c1-10-4-6-14(8-11(10)2)27-19(25)17-12(3)23-20(26)24-18(17)13-5-7-15(21)16(22)9-13/h5,7,9-11,14,18H,4,6,8H2,1-3H3,(H2,23,24,26)/t10-,11-,14+,18-/m0/s1. The van der Waals surface area contributed by atoms with Crippen LogP contribution in [-0.4, -0.2) is 18.1 Å². The van der Waals surface area contributed by atoms with Crippen molar-refractivity contribution in [1.82, 2.24) is 10.6 Å². The molecule has 2 amide bonds. The zero-order chi connectivity index (χ0) is 19.7. The second-order valence-electron chi connectivity index (χ2n) is 7.54. The zero-order valence-corrected chi connectivity index (χ0v) is 17.2. The highest BCUT2D eigenvalue weighted by molar-refractivity contribution is 6.42. The summed E-state index contributed by atoms with van der Waals surface area (Å²) in [5, 5.41) is 6.22. The Morgan fingerprint density at radius 2 is 1.89 bits per heavy atom. The minimum absolute atomic E-state index is 0.101. The molecular formula is C20H24Cl2N2O3. The highest BCUT2D eigenvalue weighted by atomic mass is 35.5. The van der Waals surface area contributed by atoms with E-state index in [0.29, 0.717) is 38.7 Å². The maximum absolute atomic E-state index is 13.0. The van der Waals surface area contributed by atoms with Crippen LogP contribution >= 0.6 is 23.2 Å². The van der Waals surface area contributed by atoms with Crippen LogP contribution in [0.5, 0.6) is 0 Å². The van der Waals surface area contributed by atoms with Gasteiger partial charge in [-0.05, 0) is 55.7 Å². The highest BCUT2D eigenvalue weighted by Gasteiger charge is 2.35. The molecule has 0 spiro atoms. The van der Waals surface area contributed by atoms with E-state index in [1.54, 1.807) is 25.1 Å². The summed E-state index contributed by atoms with van der Waals surface area (Å²) in [5.74, 6) is 0.741. The van der Waals surface area contributed by atoms with Crippen LogP contribution in [0.2, 0.25) is 10.0 Å². The molecule has 1 fully saturated rings. The maximum Gasteiger partial charge on any atom is 0.338 e. The molecule has 1 aliphatic heterocycles. The Hall–Kier alpha value is -1.72. The van der Waals surface area contributed by atoms with E-state index in [1.165, 1.54) is 0 Å². The Kier molecular flexibility index (Phi) is 6.02. The molecule has 7 heteroatoms. The molecule has 2 aliphatic rings. The number of halogens is 2. The van der Waals surface area contributed by atoms with Gasteiger partial charge in [-0.15, -0.1) is 0 Å². The van der Waals surface area contributed by atoms with Crippen molar-refractivity contribution in [2.45, 2.75) is 52.2 Å². The average Bonchev–Trinajstić information content (AvgIpc) is 2.59. The van der Waals surface area contributed by atoms with Crippen LogP contribution in [0.3, 0.4) is 0 Å². The molecular weight excluding hydrogens is 387 g/mol. The lowest BCUT2D eigenvalue weighted by atomic mass is 9.80. The first-order valence-corrected chi connectivity index (χ1v) is 9.96. The smallest absolute Gasteiger partial charge is 0.338 e. The van der Waals surface area contributed by atoms with Gasteiger partial charge in [0.1, 0.15) is 6.10 Å². The number of rotatable bonds is 3. The van der Waals surface area contributed by atoms with Gasteiger partial charge in [0.15, 0.2) is 0 Å². The van der Waals surface area contributed by atoms with Gasteiger partial charge in [0, 0.05) is 5.70 Å². The Morgan fingerprint density at radius 3 is 2.56 bits per heavy atom. The molecule has 0 unspecified atom stereocenters. The van der Waals surface area contributed by atoms with E-state index in [0.717, 1.165) is 19.3 Å². The van der Waals surface area contributed by atoms with E-state index in [4.69, 9.17) is 27.9 Å². The summed E-state index contributed by atoms with van der Waals surface area (Å²) in [6.45, 7) is 6.12. The van der Waals surface area contributed by atoms with E-state index in [2.05, 4.69) is 24.5 Å². The third kappa shape index (κ3) is 4.41. The fourth-order valence-corrected chi connectivity index (χ4v) is 4.03. The molecule has 0 bridgehead atoms. The molecule has 1 aromatic carbocycles. The molecule has 0 saturated heterocycles. The first kappa shape index (κ1) is 20.0. The van der Waals surface area contributed by atoms with Gasteiger partial charge in [-0.25, -0.2) is 9.59 Å². The minimum atomic E-state index is -0.638. The quantitative estimate of drug-likeness (QED) is 0.689. The Bertz CT molecular complexity index is 793. The van der Waals surface area contributed by atoms with Crippen LogP contribution in [0, 0.1) is 11.8 Å². The van der Waals surface area contributed by atoms with Crippen LogP contribution in [0.1, 0.15) is 51.6 Å². The van der Waals surface area contributed by atoms with E-state index in [9.17, 15) is 9.59 Å². The topological polar surface area (TPSA) is 67.4 Å². The first-order chi connectivity index (χ1) is 12.8. The van der Waals surface area contributed by atoms with Crippen LogP contribution < -0.4 is 10.6 Å². The van der Waals surface area contributed by atoms with Crippen molar-refractivity contribution in [2.24, 2.45) is 11.8 Å². The van der Waals surface area contributed by atoms with Crippen molar-refractivity contribution in [3.8, 4) is 0 Å². The lowest BCUT2D eigenvalue weighted by molar-refractivity contribution is -0.147. The molecule has 1 aromatic rings. The van der Waals surface area contributed by atoms with Gasteiger partial charge in [-0.1, -0.05) is 43.1 Å². The van der Waals surface area contributed by atoms with Gasteiger partial charge in [-0.2, -0.15) is 0 Å². The van der Waals surface area contributed by atoms with Crippen LogP contribution in [0.15, 0.2) is 29.5 Å². The predicted molar refractivity (Wildman–Crippen MR) is 106 cm³/mol.